The van der Waals surface area contributed by atoms with Gasteiger partial charge in [-0.05, 0) is 41.9 Å². The number of nitrogens with zero attached hydrogens (tertiary/aromatic N) is 1. The van der Waals surface area contributed by atoms with Crippen LogP contribution >= 0.6 is 28.1 Å². The number of nitrogens with one attached hydrogen (secondary N) is 1. The number of nitrogens with two attached hydrogens (primary N) is 1. The fourth-order valence-electron chi connectivity index (χ4n) is 1.78. The highest BCUT2D eigenvalue weighted by molar-refractivity contribution is 9.10. The second-order valence-electron chi connectivity index (χ2n) is 3.95. The maximum atomic E-state index is 11.9. The molecule has 1 amide bonds. The SMILES string of the molecule is CCN(CC)C(=O)CNc1cccc(Br)c1C(N)=S. The molecule has 4 nitrogen and oxygen atoms in total. The number of benzene rings is 1. The lowest BCUT2D eigenvalue weighted by molar-refractivity contribution is -0.128. The summed E-state index contributed by atoms with van der Waals surface area (Å²) in [4.78, 5) is 14.0. The largest absolute Gasteiger partial charge is 0.389 e. The smallest absolute Gasteiger partial charge is 0.241 e. The summed E-state index contributed by atoms with van der Waals surface area (Å²) in [5, 5.41) is 3.10. The second-order valence-corrected chi connectivity index (χ2v) is 5.24. The van der Waals surface area contributed by atoms with E-state index < -0.39 is 0 Å². The Morgan fingerprint density at radius 2 is 2.05 bits per heavy atom. The monoisotopic (exact) mass is 343 g/mol. The minimum Gasteiger partial charge on any atom is -0.389 e. The molecule has 6 heteroatoms. The predicted molar refractivity (Wildman–Crippen MR) is 86.4 cm³/mol. The first-order chi connectivity index (χ1) is 9.01. The van der Waals surface area contributed by atoms with Crippen molar-refractivity contribution in [1.29, 1.82) is 0 Å². The van der Waals surface area contributed by atoms with Crippen LogP contribution < -0.4 is 11.1 Å². The van der Waals surface area contributed by atoms with Crippen LogP contribution in [0.1, 0.15) is 19.4 Å². The van der Waals surface area contributed by atoms with Crippen LogP contribution in [0.2, 0.25) is 0 Å². The van der Waals surface area contributed by atoms with Crippen LogP contribution in [0.25, 0.3) is 0 Å². The number of carbonyl (C=O) groups excluding carboxylic acids is 1. The van der Waals surface area contributed by atoms with E-state index in [4.69, 9.17) is 18.0 Å². The van der Waals surface area contributed by atoms with Gasteiger partial charge in [0.05, 0.1) is 6.54 Å². The third kappa shape index (κ3) is 4.18. The third-order valence-electron chi connectivity index (χ3n) is 2.81. The Hall–Kier alpha value is -1.14. The van der Waals surface area contributed by atoms with Gasteiger partial charge in [-0.15, -0.1) is 0 Å². The quantitative estimate of drug-likeness (QED) is 0.778. The summed E-state index contributed by atoms with van der Waals surface area (Å²) in [5.41, 5.74) is 7.19. The lowest BCUT2D eigenvalue weighted by atomic mass is 10.2. The lowest BCUT2D eigenvalue weighted by Crippen LogP contribution is -2.35. The number of anilines is 1. The fourth-order valence-corrected chi connectivity index (χ4v) is 2.71. The number of carbonyl (C=O) groups is 1. The minimum atomic E-state index is 0.0545. The number of hydrogen-bond donors (Lipinski definition) is 2. The van der Waals surface area contributed by atoms with E-state index in [0.717, 1.165) is 15.7 Å². The van der Waals surface area contributed by atoms with Gasteiger partial charge < -0.3 is 16.0 Å². The Morgan fingerprint density at radius 1 is 1.42 bits per heavy atom. The van der Waals surface area contributed by atoms with Crippen molar-refractivity contribution in [3.63, 3.8) is 0 Å². The van der Waals surface area contributed by atoms with Crippen molar-refractivity contribution in [1.82, 2.24) is 4.90 Å². The number of likely N-dealkylation sites (N-methyl/N-ethyl adjacent to an activating group) is 1. The molecule has 0 aliphatic carbocycles. The van der Waals surface area contributed by atoms with Crippen molar-refractivity contribution < 1.29 is 4.79 Å². The molecule has 3 N–H and O–H groups in total. The summed E-state index contributed by atoms with van der Waals surface area (Å²) in [6.45, 7) is 5.56. The normalized spacial score (nSPS) is 10.1. The second kappa shape index (κ2) is 7.45. The van der Waals surface area contributed by atoms with Gasteiger partial charge in [-0.2, -0.15) is 0 Å². The highest BCUT2D eigenvalue weighted by Gasteiger charge is 2.12. The van der Waals surface area contributed by atoms with Crippen LogP contribution in [-0.4, -0.2) is 35.4 Å². The molecule has 0 saturated carbocycles. The van der Waals surface area contributed by atoms with Crippen molar-refractivity contribution in [2.24, 2.45) is 5.73 Å². The maximum absolute atomic E-state index is 11.9. The Morgan fingerprint density at radius 3 is 2.58 bits per heavy atom. The van der Waals surface area contributed by atoms with Crippen LogP contribution in [-0.2, 0) is 4.79 Å². The molecule has 0 heterocycles. The van der Waals surface area contributed by atoms with Crippen molar-refractivity contribution in [3.05, 3.63) is 28.2 Å². The summed E-state index contributed by atoms with van der Waals surface area (Å²) >= 11 is 8.43. The molecule has 1 aromatic rings. The van der Waals surface area contributed by atoms with Crippen LogP contribution in [0.15, 0.2) is 22.7 Å². The van der Waals surface area contributed by atoms with Gasteiger partial charge in [0.25, 0.3) is 0 Å². The number of hydrogen-bond acceptors (Lipinski definition) is 3. The van der Waals surface area contributed by atoms with Crippen LogP contribution in [0.4, 0.5) is 5.69 Å². The first kappa shape index (κ1) is 15.9. The van der Waals surface area contributed by atoms with Crippen molar-refractivity contribution >= 4 is 44.7 Å². The Labute approximate surface area is 127 Å². The molecule has 104 valence electrons. The highest BCUT2D eigenvalue weighted by atomic mass is 79.9. The molecule has 0 atom stereocenters. The van der Waals surface area contributed by atoms with Gasteiger partial charge in [-0.1, -0.05) is 18.3 Å². The highest BCUT2D eigenvalue weighted by Crippen LogP contribution is 2.24. The number of halogens is 1. The zero-order valence-corrected chi connectivity index (χ0v) is 13.5. The summed E-state index contributed by atoms with van der Waals surface area (Å²) in [6, 6.07) is 5.59. The van der Waals surface area contributed by atoms with E-state index in [1.165, 1.54) is 0 Å². The fraction of sp³-hybridized carbons (Fsp3) is 0.385. The standard InChI is InChI=1S/C13H18BrN3OS/c1-3-17(4-2)11(18)8-16-10-7-5-6-9(14)12(10)13(15)19/h5-7,16H,3-4,8H2,1-2H3,(H2,15,19). The summed E-state index contributed by atoms with van der Waals surface area (Å²) < 4.78 is 0.820. The van der Waals surface area contributed by atoms with Crippen molar-refractivity contribution in [2.75, 3.05) is 25.0 Å². The molecule has 0 aromatic heterocycles. The van der Waals surface area contributed by atoms with Crippen molar-refractivity contribution in [3.8, 4) is 0 Å². The van der Waals surface area contributed by atoms with Gasteiger partial charge in [0.15, 0.2) is 0 Å². The molecule has 0 saturated heterocycles. The predicted octanol–water partition coefficient (Wildman–Crippen LogP) is 2.36. The number of thiocarbonyl (C=S) groups is 1. The van der Waals surface area contributed by atoms with E-state index in [1.807, 2.05) is 32.0 Å². The summed E-state index contributed by atoms with van der Waals surface area (Å²) in [7, 11) is 0. The summed E-state index contributed by atoms with van der Waals surface area (Å²) in [6.07, 6.45) is 0. The van der Waals surface area contributed by atoms with E-state index in [9.17, 15) is 4.79 Å². The molecule has 0 aliphatic rings. The minimum absolute atomic E-state index is 0.0545. The van der Waals surface area contributed by atoms with Crippen LogP contribution in [0.3, 0.4) is 0 Å². The van der Waals surface area contributed by atoms with E-state index in [2.05, 4.69) is 21.2 Å². The average Bonchev–Trinajstić information content (AvgIpc) is 2.37. The molecule has 19 heavy (non-hydrogen) atoms. The van der Waals surface area contributed by atoms with Crippen molar-refractivity contribution in [2.45, 2.75) is 13.8 Å². The molecule has 0 spiro atoms. The molecule has 0 fully saturated rings. The van der Waals surface area contributed by atoms with E-state index in [1.54, 1.807) is 4.90 Å². The molecule has 1 aromatic carbocycles. The van der Waals surface area contributed by atoms with Crippen LogP contribution in [0, 0.1) is 0 Å². The van der Waals surface area contributed by atoms with Gasteiger partial charge in [-0.25, -0.2) is 0 Å². The van der Waals surface area contributed by atoms with E-state index in [-0.39, 0.29) is 12.5 Å². The van der Waals surface area contributed by atoms with E-state index in [0.29, 0.717) is 18.1 Å². The molecule has 0 radical (unpaired) electrons. The molecular weight excluding hydrogens is 326 g/mol. The van der Waals surface area contributed by atoms with E-state index >= 15 is 0 Å². The first-order valence-electron chi connectivity index (χ1n) is 6.11. The molecular formula is C13H18BrN3OS. The first-order valence-corrected chi connectivity index (χ1v) is 7.31. The zero-order valence-electron chi connectivity index (χ0n) is 11.1. The van der Waals surface area contributed by atoms with Gasteiger partial charge in [0.1, 0.15) is 4.99 Å². The number of rotatable bonds is 6. The van der Waals surface area contributed by atoms with Gasteiger partial charge in [0.2, 0.25) is 5.91 Å². The topological polar surface area (TPSA) is 58.4 Å². The Kier molecular flexibility index (Phi) is 6.24. The molecule has 0 bridgehead atoms. The number of amides is 1. The Bertz CT molecular complexity index is 475. The summed E-state index contributed by atoms with van der Waals surface area (Å²) in [5.74, 6) is 0.0545. The van der Waals surface area contributed by atoms with Crippen LogP contribution in [0.5, 0.6) is 0 Å². The Balaban J connectivity index is 2.81. The van der Waals surface area contributed by atoms with Gasteiger partial charge in [0, 0.05) is 28.8 Å². The molecule has 0 unspecified atom stereocenters. The molecule has 0 aliphatic heterocycles. The lowest BCUT2D eigenvalue weighted by Gasteiger charge is -2.20. The maximum Gasteiger partial charge on any atom is 0.241 e. The average molecular weight is 344 g/mol. The van der Waals surface area contributed by atoms with Gasteiger partial charge >= 0.3 is 0 Å². The zero-order chi connectivity index (χ0) is 14.4. The van der Waals surface area contributed by atoms with Gasteiger partial charge in [-0.3, -0.25) is 4.79 Å². The third-order valence-corrected chi connectivity index (χ3v) is 3.67. The molecule has 1 rings (SSSR count).